The van der Waals surface area contributed by atoms with Crippen molar-refractivity contribution in [1.29, 1.82) is 0 Å². The van der Waals surface area contributed by atoms with Crippen LogP contribution in [0.1, 0.15) is 5.56 Å². The topological polar surface area (TPSA) is 76.7 Å². The molecule has 0 spiro atoms. The van der Waals surface area contributed by atoms with Crippen molar-refractivity contribution in [3.05, 3.63) is 79.2 Å². The van der Waals surface area contributed by atoms with Crippen molar-refractivity contribution in [3.8, 4) is 11.5 Å². The van der Waals surface area contributed by atoms with E-state index in [2.05, 4.69) is 42.5 Å². The van der Waals surface area contributed by atoms with Crippen LogP contribution in [0.15, 0.2) is 63.5 Å². The van der Waals surface area contributed by atoms with Gasteiger partial charge in [0, 0.05) is 20.3 Å². The van der Waals surface area contributed by atoms with Gasteiger partial charge in [-0.25, -0.2) is 0 Å². The summed E-state index contributed by atoms with van der Waals surface area (Å²) in [4.78, 5) is 24.6. The summed E-state index contributed by atoms with van der Waals surface area (Å²) in [6, 6.07) is 15.4. The second kappa shape index (κ2) is 11.7. The molecule has 2 N–H and O–H groups in total. The predicted octanol–water partition coefficient (Wildman–Crippen LogP) is 6.86. The third-order valence-corrected chi connectivity index (χ3v) is 5.88. The maximum Gasteiger partial charge on any atom is 0.262 e. The van der Waals surface area contributed by atoms with Crippen LogP contribution in [0, 0.1) is 6.92 Å². The van der Waals surface area contributed by atoms with Crippen LogP contribution < -0.4 is 20.1 Å². The molecular weight excluding hydrogens is 599 g/mol. The van der Waals surface area contributed by atoms with Crippen molar-refractivity contribution in [2.45, 2.75) is 6.92 Å². The lowest BCUT2D eigenvalue weighted by atomic mass is 10.1. The average Bonchev–Trinajstić information content (AvgIpc) is 2.75. The maximum atomic E-state index is 12.4. The monoisotopic (exact) mass is 614 g/mol. The quantitative estimate of drug-likeness (QED) is 0.290. The van der Waals surface area contributed by atoms with Gasteiger partial charge in [-0.3, -0.25) is 9.59 Å². The lowest BCUT2D eigenvalue weighted by molar-refractivity contribution is -0.118. The minimum absolute atomic E-state index is 0.223. The number of halogens is 4. The van der Waals surface area contributed by atoms with E-state index in [9.17, 15) is 9.59 Å². The molecule has 0 radical (unpaired) electrons. The summed E-state index contributed by atoms with van der Waals surface area (Å²) in [6.45, 7) is 1.39. The highest BCUT2D eigenvalue weighted by atomic mass is 79.9. The molecule has 0 atom stereocenters. The zero-order chi connectivity index (χ0) is 24.0. The smallest absolute Gasteiger partial charge is 0.262 e. The Labute approximate surface area is 217 Å². The zero-order valence-electron chi connectivity index (χ0n) is 17.3. The number of aryl methyl sites for hydroxylation is 1. The van der Waals surface area contributed by atoms with Crippen LogP contribution in [0.25, 0.3) is 0 Å². The molecule has 33 heavy (non-hydrogen) atoms. The first kappa shape index (κ1) is 25.4. The molecule has 0 aromatic heterocycles. The van der Waals surface area contributed by atoms with Gasteiger partial charge >= 0.3 is 0 Å². The van der Waals surface area contributed by atoms with E-state index >= 15 is 0 Å². The Balaban J connectivity index is 1.55. The first-order chi connectivity index (χ1) is 15.7. The molecule has 0 saturated carbocycles. The summed E-state index contributed by atoms with van der Waals surface area (Å²) < 4.78 is 12.6. The van der Waals surface area contributed by atoms with E-state index in [4.69, 9.17) is 32.7 Å². The Kier molecular flexibility index (Phi) is 9.02. The molecule has 0 heterocycles. The van der Waals surface area contributed by atoms with Gasteiger partial charge in [0.15, 0.2) is 13.2 Å². The van der Waals surface area contributed by atoms with E-state index in [1.807, 2.05) is 6.92 Å². The average molecular weight is 617 g/mol. The van der Waals surface area contributed by atoms with Crippen LogP contribution in [-0.4, -0.2) is 25.0 Å². The maximum absolute atomic E-state index is 12.4. The number of anilines is 2. The summed E-state index contributed by atoms with van der Waals surface area (Å²) in [5.41, 5.74) is 1.87. The first-order valence-corrected chi connectivity index (χ1v) is 11.9. The predicted molar refractivity (Wildman–Crippen MR) is 138 cm³/mol. The standard InChI is InChI=1S/C23H18Br2Cl2N2O4/c1-13-2-5-16(28-22(30)11-32-20-6-3-14(24)8-17(20)26)10-19(13)29-23(31)12-33-21-7-4-15(25)9-18(21)27/h2-10H,11-12H2,1H3,(H,28,30)(H,29,31). The van der Waals surface area contributed by atoms with Gasteiger partial charge in [-0.2, -0.15) is 0 Å². The molecule has 6 nitrogen and oxygen atoms in total. The van der Waals surface area contributed by atoms with Crippen LogP contribution in [0.5, 0.6) is 11.5 Å². The van der Waals surface area contributed by atoms with E-state index in [0.717, 1.165) is 14.5 Å². The summed E-state index contributed by atoms with van der Waals surface area (Å²) in [5.74, 6) is 0.0634. The van der Waals surface area contributed by atoms with Crippen molar-refractivity contribution in [3.63, 3.8) is 0 Å². The van der Waals surface area contributed by atoms with Crippen LogP contribution >= 0.6 is 55.1 Å². The van der Waals surface area contributed by atoms with Crippen LogP contribution in [0.3, 0.4) is 0 Å². The molecule has 0 saturated heterocycles. The molecule has 0 aliphatic heterocycles. The molecule has 0 unspecified atom stereocenters. The van der Waals surface area contributed by atoms with E-state index in [0.29, 0.717) is 32.9 Å². The molecule has 3 rings (SSSR count). The number of rotatable bonds is 8. The summed E-state index contributed by atoms with van der Waals surface area (Å²) >= 11 is 18.8. The lowest BCUT2D eigenvalue weighted by Gasteiger charge is -2.13. The van der Waals surface area contributed by atoms with Crippen molar-refractivity contribution in [2.24, 2.45) is 0 Å². The molecule has 0 aliphatic carbocycles. The fourth-order valence-corrected chi connectivity index (χ4v) is 4.14. The number of hydrogen-bond donors (Lipinski definition) is 2. The van der Waals surface area contributed by atoms with Gasteiger partial charge in [-0.1, -0.05) is 61.1 Å². The van der Waals surface area contributed by atoms with E-state index in [1.165, 1.54) is 0 Å². The number of ether oxygens (including phenoxy) is 2. The van der Waals surface area contributed by atoms with Gasteiger partial charge in [-0.15, -0.1) is 0 Å². The third kappa shape index (κ3) is 7.64. The van der Waals surface area contributed by atoms with Crippen molar-refractivity contribution < 1.29 is 19.1 Å². The Morgan fingerprint density at radius 2 is 1.30 bits per heavy atom. The first-order valence-electron chi connectivity index (χ1n) is 9.57. The SMILES string of the molecule is Cc1ccc(NC(=O)COc2ccc(Br)cc2Cl)cc1NC(=O)COc1ccc(Br)cc1Cl. The second-order valence-electron chi connectivity index (χ2n) is 6.85. The lowest BCUT2D eigenvalue weighted by Crippen LogP contribution is -2.22. The number of nitrogens with one attached hydrogen (secondary N) is 2. The Hall–Kier alpha value is -2.26. The molecule has 0 bridgehead atoms. The molecule has 10 heteroatoms. The minimum Gasteiger partial charge on any atom is -0.482 e. The Bertz CT molecular complexity index is 1190. The molecule has 172 valence electrons. The highest BCUT2D eigenvalue weighted by Gasteiger charge is 2.11. The molecule has 0 aliphatic rings. The normalized spacial score (nSPS) is 10.5. The van der Waals surface area contributed by atoms with Gasteiger partial charge in [0.05, 0.1) is 10.0 Å². The van der Waals surface area contributed by atoms with Gasteiger partial charge in [0.1, 0.15) is 11.5 Å². The Morgan fingerprint density at radius 1 is 0.788 bits per heavy atom. The van der Waals surface area contributed by atoms with Gasteiger partial charge in [0.25, 0.3) is 11.8 Å². The van der Waals surface area contributed by atoms with Crippen molar-refractivity contribution in [2.75, 3.05) is 23.8 Å². The van der Waals surface area contributed by atoms with Gasteiger partial charge < -0.3 is 20.1 Å². The van der Waals surface area contributed by atoms with E-state index in [-0.39, 0.29) is 25.0 Å². The molecular formula is C23H18Br2Cl2N2O4. The number of amides is 2. The van der Waals surface area contributed by atoms with Crippen LogP contribution in [0.4, 0.5) is 11.4 Å². The van der Waals surface area contributed by atoms with E-state index in [1.54, 1.807) is 54.6 Å². The zero-order valence-corrected chi connectivity index (χ0v) is 21.9. The van der Waals surface area contributed by atoms with Crippen LogP contribution in [-0.2, 0) is 9.59 Å². The number of carbonyl (C=O) groups is 2. The Morgan fingerprint density at radius 3 is 1.82 bits per heavy atom. The fourth-order valence-electron chi connectivity index (χ4n) is 2.69. The van der Waals surface area contributed by atoms with Gasteiger partial charge in [0.2, 0.25) is 0 Å². The highest BCUT2D eigenvalue weighted by molar-refractivity contribution is 9.10. The highest BCUT2D eigenvalue weighted by Crippen LogP contribution is 2.29. The number of hydrogen-bond acceptors (Lipinski definition) is 4. The summed E-state index contributed by atoms with van der Waals surface area (Å²) in [5, 5.41) is 6.29. The van der Waals surface area contributed by atoms with Crippen LogP contribution in [0.2, 0.25) is 10.0 Å². The third-order valence-electron chi connectivity index (χ3n) is 4.30. The fraction of sp³-hybridized carbons (Fsp3) is 0.130. The summed E-state index contributed by atoms with van der Waals surface area (Å²) in [7, 11) is 0. The second-order valence-corrected chi connectivity index (χ2v) is 9.50. The number of benzene rings is 3. The molecule has 3 aromatic rings. The van der Waals surface area contributed by atoms with Crippen molar-refractivity contribution >= 4 is 78.3 Å². The summed E-state index contributed by atoms with van der Waals surface area (Å²) in [6.07, 6.45) is 0. The number of carbonyl (C=O) groups excluding carboxylic acids is 2. The van der Waals surface area contributed by atoms with E-state index < -0.39 is 0 Å². The largest absolute Gasteiger partial charge is 0.482 e. The molecule has 2 amide bonds. The minimum atomic E-state index is -0.372. The molecule has 3 aromatic carbocycles. The van der Waals surface area contributed by atoms with Gasteiger partial charge in [-0.05, 0) is 61.0 Å². The molecule has 0 fully saturated rings. The van der Waals surface area contributed by atoms with Crippen molar-refractivity contribution in [1.82, 2.24) is 0 Å².